The molecule has 2 aromatic carbocycles. The van der Waals surface area contributed by atoms with Gasteiger partial charge in [-0.25, -0.2) is 4.98 Å². The van der Waals surface area contributed by atoms with Gasteiger partial charge in [-0.15, -0.1) is 0 Å². The van der Waals surface area contributed by atoms with Gasteiger partial charge in [-0.2, -0.15) is 0 Å². The second-order valence-electron chi connectivity index (χ2n) is 8.79. The fourth-order valence-corrected chi connectivity index (χ4v) is 4.91. The smallest absolute Gasteiger partial charge is 0.0959 e. The molecular weight excluding hydrogens is 388 g/mol. The lowest BCUT2D eigenvalue weighted by Crippen LogP contribution is -2.47. The van der Waals surface area contributed by atoms with Crippen LogP contribution < -0.4 is 0 Å². The normalized spacial score (nSPS) is 18.0. The molecule has 3 heterocycles. The molecule has 1 aliphatic heterocycles. The number of hydrogen-bond acceptors (Lipinski definition) is 4. The number of nitrogens with zero attached hydrogens (tertiary/aromatic N) is 4. The summed E-state index contributed by atoms with van der Waals surface area (Å²) in [5.74, 6) is 0. The van der Waals surface area contributed by atoms with E-state index in [2.05, 4.69) is 44.3 Å². The first-order valence-corrected chi connectivity index (χ1v) is 11.2. The molecule has 5 rings (SSSR count). The molecule has 1 aliphatic rings. The fraction of sp³-hybridized carbons (Fsp3) is 0.400. The molecule has 0 spiro atoms. The standard InChI is InChI=1S/C25H30N4O2/c1-2-28-15-20(19-7-3-5-9-22(19)28)24(30)16-27-13-11-25(31,12-14-27)17-29-18-26-21-8-4-6-10-23(21)29/h3-10,15,18,24,30-31H,2,11-14,16-17H2,1H3/t24-/m1/s1. The van der Waals surface area contributed by atoms with Gasteiger partial charge >= 0.3 is 0 Å². The Bertz CT molecular complexity index is 1190. The van der Waals surface area contributed by atoms with Crippen molar-refractivity contribution in [1.82, 2.24) is 19.0 Å². The summed E-state index contributed by atoms with van der Waals surface area (Å²) < 4.78 is 4.25. The molecule has 1 saturated heterocycles. The number of aromatic nitrogens is 3. The van der Waals surface area contributed by atoms with Crippen LogP contribution in [0.4, 0.5) is 0 Å². The summed E-state index contributed by atoms with van der Waals surface area (Å²) in [5.41, 5.74) is 3.42. The summed E-state index contributed by atoms with van der Waals surface area (Å²) in [5, 5.41) is 23.3. The maximum atomic E-state index is 11.2. The van der Waals surface area contributed by atoms with Crippen LogP contribution in [0, 0.1) is 0 Å². The molecule has 31 heavy (non-hydrogen) atoms. The number of aliphatic hydroxyl groups excluding tert-OH is 1. The van der Waals surface area contributed by atoms with Crippen molar-refractivity contribution >= 4 is 21.9 Å². The zero-order valence-corrected chi connectivity index (χ0v) is 18.0. The second kappa shape index (κ2) is 8.11. The number of β-amino-alcohol motifs (C(OH)–C–C–N with tert-alkyl or cyclic N) is 1. The Hall–Kier alpha value is -2.67. The minimum absolute atomic E-state index is 0.540. The van der Waals surface area contributed by atoms with Crippen molar-refractivity contribution < 1.29 is 10.2 Å². The SMILES string of the molecule is CCn1cc([C@H](O)CN2CCC(O)(Cn3cnc4ccccc43)CC2)c2ccccc21. The molecule has 0 radical (unpaired) electrons. The predicted octanol–water partition coefficient (Wildman–Crippen LogP) is 3.57. The lowest BCUT2D eigenvalue weighted by molar-refractivity contribution is -0.0408. The van der Waals surface area contributed by atoms with Gasteiger partial charge in [0.25, 0.3) is 0 Å². The van der Waals surface area contributed by atoms with Crippen LogP contribution in [0.2, 0.25) is 0 Å². The van der Waals surface area contributed by atoms with Gasteiger partial charge in [0.2, 0.25) is 0 Å². The number of likely N-dealkylation sites (tertiary alicyclic amines) is 1. The third-order valence-electron chi connectivity index (χ3n) is 6.73. The lowest BCUT2D eigenvalue weighted by atomic mass is 9.91. The number of imidazole rings is 1. The van der Waals surface area contributed by atoms with Crippen molar-refractivity contribution in [1.29, 1.82) is 0 Å². The highest BCUT2D eigenvalue weighted by Gasteiger charge is 2.34. The van der Waals surface area contributed by atoms with E-state index in [1.165, 1.54) is 5.52 Å². The number of aryl methyl sites for hydroxylation is 1. The van der Waals surface area contributed by atoms with Crippen LogP contribution in [0.5, 0.6) is 0 Å². The van der Waals surface area contributed by atoms with Gasteiger partial charge < -0.3 is 24.2 Å². The Labute approximate surface area is 182 Å². The van der Waals surface area contributed by atoms with Crippen LogP contribution in [-0.2, 0) is 13.1 Å². The van der Waals surface area contributed by atoms with E-state index < -0.39 is 11.7 Å². The van der Waals surface area contributed by atoms with Gasteiger partial charge in [0, 0.05) is 48.8 Å². The average Bonchev–Trinajstić information content (AvgIpc) is 3.37. The van der Waals surface area contributed by atoms with Gasteiger partial charge in [-0.3, -0.25) is 0 Å². The largest absolute Gasteiger partial charge is 0.388 e. The first kappa shape index (κ1) is 20.2. The highest BCUT2D eigenvalue weighted by molar-refractivity contribution is 5.84. The van der Waals surface area contributed by atoms with Gasteiger partial charge in [-0.05, 0) is 38.0 Å². The van der Waals surface area contributed by atoms with E-state index in [-0.39, 0.29) is 0 Å². The molecule has 0 unspecified atom stereocenters. The molecule has 0 amide bonds. The molecular formula is C25H30N4O2. The van der Waals surface area contributed by atoms with Crippen LogP contribution >= 0.6 is 0 Å². The first-order chi connectivity index (χ1) is 15.1. The number of piperidine rings is 1. The summed E-state index contributed by atoms with van der Waals surface area (Å²) in [7, 11) is 0. The molecule has 6 nitrogen and oxygen atoms in total. The monoisotopic (exact) mass is 418 g/mol. The number of aliphatic hydroxyl groups is 2. The number of benzene rings is 2. The third kappa shape index (κ3) is 3.87. The molecule has 2 N–H and O–H groups in total. The van der Waals surface area contributed by atoms with Crippen molar-refractivity contribution in [2.24, 2.45) is 0 Å². The van der Waals surface area contributed by atoms with Crippen molar-refractivity contribution in [2.45, 2.75) is 44.6 Å². The van der Waals surface area contributed by atoms with Gasteiger partial charge in [-0.1, -0.05) is 30.3 Å². The van der Waals surface area contributed by atoms with Gasteiger partial charge in [0.1, 0.15) is 0 Å². The Balaban J connectivity index is 1.25. The minimum Gasteiger partial charge on any atom is -0.388 e. The molecule has 0 bridgehead atoms. The minimum atomic E-state index is -0.747. The highest BCUT2D eigenvalue weighted by Crippen LogP contribution is 2.30. The van der Waals surface area contributed by atoms with E-state index >= 15 is 0 Å². The Morgan fingerprint density at radius 2 is 1.71 bits per heavy atom. The Kier molecular flexibility index (Phi) is 5.30. The molecule has 1 fully saturated rings. The van der Waals surface area contributed by atoms with Crippen LogP contribution in [0.1, 0.15) is 31.4 Å². The maximum absolute atomic E-state index is 11.2. The number of rotatable bonds is 6. The third-order valence-corrected chi connectivity index (χ3v) is 6.73. The number of fused-ring (bicyclic) bond motifs is 2. The predicted molar refractivity (Wildman–Crippen MR) is 123 cm³/mol. The molecule has 162 valence electrons. The first-order valence-electron chi connectivity index (χ1n) is 11.2. The zero-order chi connectivity index (χ0) is 21.4. The summed E-state index contributed by atoms with van der Waals surface area (Å²) in [6, 6.07) is 16.3. The van der Waals surface area contributed by atoms with Crippen LogP contribution in [0.15, 0.2) is 61.1 Å². The lowest BCUT2D eigenvalue weighted by Gasteiger charge is -2.39. The van der Waals surface area contributed by atoms with Gasteiger partial charge in [0.15, 0.2) is 0 Å². The fourth-order valence-electron chi connectivity index (χ4n) is 4.91. The Morgan fingerprint density at radius 1 is 1.00 bits per heavy atom. The van der Waals surface area contributed by atoms with E-state index in [0.29, 0.717) is 25.9 Å². The van der Waals surface area contributed by atoms with E-state index in [1.807, 2.05) is 42.7 Å². The van der Waals surface area contributed by atoms with Crippen LogP contribution in [0.25, 0.3) is 21.9 Å². The summed E-state index contributed by atoms with van der Waals surface area (Å²) >= 11 is 0. The highest BCUT2D eigenvalue weighted by atomic mass is 16.3. The molecule has 1 atom stereocenters. The van der Waals surface area contributed by atoms with Crippen molar-refractivity contribution in [3.05, 3.63) is 66.6 Å². The summed E-state index contributed by atoms with van der Waals surface area (Å²) in [4.78, 5) is 6.71. The topological polar surface area (TPSA) is 66.4 Å². The van der Waals surface area contributed by atoms with E-state index in [4.69, 9.17) is 0 Å². The molecule has 0 saturated carbocycles. The summed E-state index contributed by atoms with van der Waals surface area (Å²) in [6.45, 7) is 5.68. The van der Waals surface area contributed by atoms with Crippen molar-refractivity contribution in [2.75, 3.05) is 19.6 Å². The maximum Gasteiger partial charge on any atom is 0.0959 e. The van der Waals surface area contributed by atoms with Gasteiger partial charge in [0.05, 0.1) is 35.6 Å². The average molecular weight is 419 g/mol. The van der Waals surface area contributed by atoms with E-state index in [9.17, 15) is 10.2 Å². The van der Waals surface area contributed by atoms with Crippen molar-refractivity contribution in [3.63, 3.8) is 0 Å². The molecule has 4 aromatic rings. The molecule has 0 aliphatic carbocycles. The quantitative estimate of drug-likeness (QED) is 0.502. The second-order valence-corrected chi connectivity index (χ2v) is 8.79. The van der Waals surface area contributed by atoms with Crippen LogP contribution in [-0.4, -0.2) is 54.5 Å². The number of para-hydroxylation sites is 3. The zero-order valence-electron chi connectivity index (χ0n) is 18.0. The van der Waals surface area contributed by atoms with E-state index in [1.54, 1.807) is 0 Å². The van der Waals surface area contributed by atoms with Crippen LogP contribution in [0.3, 0.4) is 0 Å². The molecule has 2 aromatic heterocycles. The van der Waals surface area contributed by atoms with Crippen molar-refractivity contribution in [3.8, 4) is 0 Å². The van der Waals surface area contributed by atoms with E-state index in [0.717, 1.165) is 41.6 Å². The summed E-state index contributed by atoms with van der Waals surface area (Å²) in [6.07, 6.45) is 4.73. The Morgan fingerprint density at radius 3 is 2.48 bits per heavy atom. The number of hydrogen-bond donors (Lipinski definition) is 2. The molecule has 6 heteroatoms.